The number of alkyl halides is 3. The maximum atomic E-state index is 12.9. The number of benzene rings is 1. The molecule has 2 aromatic rings. The average Bonchev–Trinajstić information content (AvgIpc) is 2.52. The maximum absolute atomic E-state index is 12.9. The van der Waals surface area contributed by atoms with Crippen molar-refractivity contribution >= 4 is 28.1 Å². The number of hydrogen-bond donors (Lipinski definition) is 1. The van der Waals surface area contributed by atoms with Gasteiger partial charge >= 0.3 is 6.18 Å². The third kappa shape index (κ3) is 4.19. The first kappa shape index (κ1) is 18.1. The van der Waals surface area contributed by atoms with Crippen LogP contribution in [-0.4, -0.2) is 17.2 Å². The van der Waals surface area contributed by atoms with Crippen molar-refractivity contribution in [3.05, 3.63) is 62.9 Å². The summed E-state index contributed by atoms with van der Waals surface area (Å²) < 4.78 is 38.5. The standard InChI is InChI=1S/C16H12BrF3N2O2/c17-14-5-10(12(8-23)4-13(14)16(18,19)20)2-1-9-3-11(15(21)24)7-22-6-9/h3-8H,1-2H2,(H2,21,24). The Labute approximate surface area is 144 Å². The molecule has 24 heavy (non-hydrogen) atoms. The lowest BCUT2D eigenvalue weighted by Crippen LogP contribution is -2.12. The van der Waals surface area contributed by atoms with E-state index < -0.39 is 17.6 Å². The highest BCUT2D eigenvalue weighted by Crippen LogP contribution is 2.36. The number of halogens is 4. The Morgan fingerprint density at radius 3 is 2.50 bits per heavy atom. The number of nitrogens with two attached hydrogens (primary N) is 1. The van der Waals surface area contributed by atoms with Gasteiger partial charge in [-0.2, -0.15) is 13.2 Å². The second-order valence-electron chi connectivity index (χ2n) is 5.09. The largest absolute Gasteiger partial charge is 0.417 e. The Balaban J connectivity index is 2.27. The summed E-state index contributed by atoms with van der Waals surface area (Å²) in [5.74, 6) is -0.616. The van der Waals surface area contributed by atoms with Gasteiger partial charge in [-0.05, 0) is 42.2 Å². The predicted octanol–water partition coefficient (Wildman–Crippen LogP) is 3.56. The second kappa shape index (κ2) is 7.12. The summed E-state index contributed by atoms with van der Waals surface area (Å²) in [4.78, 5) is 26.1. The summed E-state index contributed by atoms with van der Waals surface area (Å²) >= 11 is 2.89. The van der Waals surface area contributed by atoms with Gasteiger partial charge in [0.1, 0.15) is 6.29 Å². The molecular weight excluding hydrogens is 389 g/mol. The molecule has 2 N–H and O–H groups in total. The quantitative estimate of drug-likeness (QED) is 0.779. The van der Waals surface area contributed by atoms with Crippen LogP contribution in [0.3, 0.4) is 0 Å². The Kier molecular flexibility index (Phi) is 5.38. The van der Waals surface area contributed by atoms with Gasteiger partial charge in [-0.1, -0.05) is 15.9 Å². The van der Waals surface area contributed by atoms with Gasteiger partial charge < -0.3 is 5.73 Å². The van der Waals surface area contributed by atoms with E-state index in [1.54, 1.807) is 6.07 Å². The summed E-state index contributed by atoms with van der Waals surface area (Å²) in [6, 6.07) is 3.68. The van der Waals surface area contributed by atoms with Crippen LogP contribution in [0.4, 0.5) is 13.2 Å². The van der Waals surface area contributed by atoms with E-state index in [1.807, 2.05) is 0 Å². The molecule has 1 aromatic carbocycles. The van der Waals surface area contributed by atoms with Crippen molar-refractivity contribution < 1.29 is 22.8 Å². The fraction of sp³-hybridized carbons (Fsp3) is 0.188. The normalized spacial score (nSPS) is 11.3. The van der Waals surface area contributed by atoms with E-state index >= 15 is 0 Å². The number of pyridine rings is 1. The summed E-state index contributed by atoms with van der Waals surface area (Å²) in [6.45, 7) is 0. The summed E-state index contributed by atoms with van der Waals surface area (Å²) in [5, 5.41) is 0. The highest BCUT2D eigenvalue weighted by atomic mass is 79.9. The van der Waals surface area contributed by atoms with E-state index in [9.17, 15) is 22.8 Å². The molecule has 0 spiro atoms. The van der Waals surface area contributed by atoms with Crippen LogP contribution in [0, 0.1) is 0 Å². The fourth-order valence-corrected chi connectivity index (χ4v) is 2.83. The molecule has 0 bridgehead atoms. The van der Waals surface area contributed by atoms with E-state index in [-0.39, 0.29) is 15.6 Å². The molecule has 1 amide bonds. The molecule has 2 rings (SSSR count). The molecule has 0 atom stereocenters. The van der Waals surface area contributed by atoms with E-state index in [4.69, 9.17) is 5.73 Å². The second-order valence-corrected chi connectivity index (χ2v) is 5.95. The monoisotopic (exact) mass is 400 g/mol. The van der Waals surface area contributed by atoms with Crippen molar-refractivity contribution in [2.75, 3.05) is 0 Å². The van der Waals surface area contributed by atoms with Crippen molar-refractivity contribution in [1.82, 2.24) is 4.98 Å². The molecule has 8 heteroatoms. The van der Waals surface area contributed by atoms with Crippen LogP contribution in [0.25, 0.3) is 0 Å². The van der Waals surface area contributed by atoms with Gasteiger partial charge in [-0.25, -0.2) is 0 Å². The summed E-state index contributed by atoms with van der Waals surface area (Å²) in [6.07, 6.45) is -0.574. The number of aromatic nitrogens is 1. The Hall–Kier alpha value is -2.22. The lowest BCUT2D eigenvalue weighted by molar-refractivity contribution is -0.138. The van der Waals surface area contributed by atoms with Gasteiger partial charge in [0.05, 0.1) is 11.1 Å². The van der Waals surface area contributed by atoms with Crippen LogP contribution in [0.1, 0.15) is 37.4 Å². The molecule has 0 radical (unpaired) electrons. The number of aldehydes is 1. The van der Waals surface area contributed by atoms with Gasteiger partial charge in [0.2, 0.25) is 5.91 Å². The Bertz CT molecular complexity index is 791. The van der Waals surface area contributed by atoms with Crippen LogP contribution >= 0.6 is 15.9 Å². The predicted molar refractivity (Wildman–Crippen MR) is 84.7 cm³/mol. The van der Waals surface area contributed by atoms with Crippen molar-refractivity contribution in [3.8, 4) is 0 Å². The smallest absolute Gasteiger partial charge is 0.366 e. The molecule has 0 aliphatic heterocycles. The number of nitrogens with zero attached hydrogens (tertiary/aromatic N) is 1. The van der Waals surface area contributed by atoms with Crippen LogP contribution in [0.5, 0.6) is 0 Å². The van der Waals surface area contributed by atoms with Crippen molar-refractivity contribution in [1.29, 1.82) is 0 Å². The number of amides is 1. The highest BCUT2D eigenvalue weighted by Gasteiger charge is 2.33. The molecule has 1 aromatic heterocycles. The van der Waals surface area contributed by atoms with Gasteiger partial charge in [0, 0.05) is 22.4 Å². The Morgan fingerprint density at radius 2 is 1.92 bits per heavy atom. The molecule has 0 aliphatic rings. The zero-order valence-electron chi connectivity index (χ0n) is 12.2. The molecule has 0 unspecified atom stereocenters. The zero-order chi connectivity index (χ0) is 17.9. The van der Waals surface area contributed by atoms with E-state index in [0.29, 0.717) is 30.3 Å². The molecular formula is C16H12BrF3N2O2. The first-order valence-corrected chi connectivity index (χ1v) is 7.60. The van der Waals surface area contributed by atoms with E-state index in [0.717, 1.165) is 6.07 Å². The average molecular weight is 401 g/mol. The van der Waals surface area contributed by atoms with Crippen LogP contribution < -0.4 is 5.73 Å². The minimum Gasteiger partial charge on any atom is -0.366 e. The summed E-state index contributed by atoms with van der Waals surface area (Å²) in [7, 11) is 0. The molecule has 1 heterocycles. The van der Waals surface area contributed by atoms with Gasteiger partial charge in [-0.3, -0.25) is 14.6 Å². The molecule has 0 saturated heterocycles. The molecule has 0 aliphatic carbocycles. The third-order valence-electron chi connectivity index (χ3n) is 3.42. The lowest BCUT2D eigenvalue weighted by atomic mass is 9.98. The molecule has 126 valence electrons. The minimum absolute atomic E-state index is 0.0236. The number of carbonyl (C=O) groups excluding carboxylic acids is 2. The number of rotatable bonds is 5. The number of aryl methyl sites for hydroxylation is 2. The van der Waals surface area contributed by atoms with Crippen LogP contribution in [-0.2, 0) is 19.0 Å². The van der Waals surface area contributed by atoms with E-state index in [2.05, 4.69) is 20.9 Å². The maximum Gasteiger partial charge on any atom is 0.417 e. The highest BCUT2D eigenvalue weighted by molar-refractivity contribution is 9.10. The number of carbonyl (C=O) groups is 2. The fourth-order valence-electron chi connectivity index (χ4n) is 2.21. The van der Waals surface area contributed by atoms with Gasteiger partial charge in [0.15, 0.2) is 0 Å². The van der Waals surface area contributed by atoms with Crippen LogP contribution in [0.2, 0.25) is 0 Å². The lowest BCUT2D eigenvalue weighted by Gasteiger charge is -2.13. The Morgan fingerprint density at radius 1 is 1.21 bits per heavy atom. The van der Waals surface area contributed by atoms with Crippen molar-refractivity contribution in [2.24, 2.45) is 5.73 Å². The van der Waals surface area contributed by atoms with Crippen LogP contribution in [0.15, 0.2) is 35.1 Å². The summed E-state index contributed by atoms with van der Waals surface area (Å²) in [5.41, 5.74) is 5.66. The van der Waals surface area contributed by atoms with Crippen molar-refractivity contribution in [3.63, 3.8) is 0 Å². The zero-order valence-corrected chi connectivity index (χ0v) is 13.8. The van der Waals surface area contributed by atoms with E-state index in [1.165, 1.54) is 18.5 Å². The number of hydrogen-bond acceptors (Lipinski definition) is 3. The molecule has 0 fully saturated rings. The van der Waals surface area contributed by atoms with Gasteiger partial charge in [-0.15, -0.1) is 0 Å². The first-order chi connectivity index (χ1) is 11.2. The van der Waals surface area contributed by atoms with Crippen molar-refractivity contribution in [2.45, 2.75) is 19.0 Å². The first-order valence-electron chi connectivity index (χ1n) is 6.81. The number of primary amides is 1. The topological polar surface area (TPSA) is 73.1 Å². The SMILES string of the molecule is NC(=O)c1cncc(CCc2cc(Br)c(C(F)(F)F)cc2C=O)c1. The third-order valence-corrected chi connectivity index (χ3v) is 4.08. The van der Waals surface area contributed by atoms with Gasteiger partial charge in [0.25, 0.3) is 0 Å². The molecule has 0 saturated carbocycles. The minimum atomic E-state index is -4.55. The molecule has 4 nitrogen and oxygen atoms in total.